The highest BCUT2D eigenvalue weighted by atomic mass is 16.7. The van der Waals surface area contributed by atoms with Gasteiger partial charge in [0.05, 0.1) is 5.56 Å². The first-order valence-electron chi connectivity index (χ1n) is 7.63. The summed E-state index contributed by atoms with van der Waals surface area (Å²) < 4.78 is 4.88. The molecule has 2 aromatic rings. The van der Waals surface area contributed by atoms with Gasteiger partial charge in [0.1, 0.15) is 6.61 Å². The Labute approximate surface area is 140 Å². The molecular weight excluding hydrogens is 306 g/mol. The number of nitrogens with one attached hydrogen (secondary N) is 1. The van der Waals surface area contributed by atoms with E-state index in [0.29, 0.717) is 5.56 Å². The van der Waals surface area contributed by atoms with Gasteiger partial charge in [0.25, 0.3) is 0 Å². The molecule has 0 aliphatic heterocycles. The molecule has 2 rings (SSSR count). The van der Waals surface area contributed by atoms with Gasteiger partial charge in [-0.15, -0.1) is 5.48 Å². The van der Waals surface area contributed by atoms with Gasteiger partial charge in [-0.3, -0.25) is 0 Å². The Morgan fingerprint density at radius 3 is 2.42 bits per heavy atom. The molecule has 0 aromatic heterocycles. The summed E-state index contributed by atoms with van der Waals surface area (Å²) in [6.07, 6.45) is 3.72. The summed E-state index contributed by atoms with van der Waals surface area (Å²) in [4.78, 5) is 27.7. The molecule has 0 atom stereocenters. The maximum atomic E-state index is 11.6. The van der Waals surface area contributed by atoms with Crippen molar-refractivity contribution in [2.75, 3.05) is 6.61 Å². The lowest BCUT2D eigenvalue weighted by molar-refractivity contribution is 0.0223. The summed E-state index contributed by atoms with van der Waals surface area (Å²) in [5.74, 6) is -0.654. The van der Waals surface area contributed by atoms with E-state index in [1.807, 2.05) is 23.7 Å². The van der Waals surface area contributed by atoms with Crippen LogP contribution in [0.2, 0.25) is 0 Å². The highest BCUT2D eigenvalue weighted by Crippen LogP contribution is 2.06. The molecule has 24 heavy (non-hydrogen) atoms. The minimum Gasteiger partial charge on any atom is -0.443 e. The van der Waals surface area contributed by atoms with Gasteiger partial charge in [-0.05, 0) is 35.8 Å². The molecule has 124 valence electrons. The minimum absolute atomic E-state index is 0.0737. The van der Waals surface area contributed by atoms with Crippen LogP contribution in [-0.2, 0) is 16.0 Å². The second-order valence-electron chi connectivity index (χ2n) is 4.95. The molecule has 0 fully saturated rings. The van der Waals surface area contributed by atoms with Crippen LogP contribution in [0.25, 0.3) is 6.08 Å². The van der Waals surface area contributed by atoms with Crippen molar-refractivity contribution in [3.63, 3.8) is 0 Å². The van der Waals surface area contributed by atoms with E-state index in [0.717, 1.165) is 12.0 Å². The number of aryl methyl sites for hydroxylation is 1. The van der Waals surface area contributed by atoms with Gasteiger partial charge < -0.3 is 9.57 Å². The van der Waals surface area contributed by atoms with E-state index in [2.05, 4.69) is 23.9 Å². The van der Waals surface area contributed by atoms with Crippen molar-refractivity contribution in [1.29, 1.82) is 0 Å². The molecule has 2 aromatic carbocycles. The molecule has 0 heterocycles. The maximum absolute atomic E-state index is 11.6. The van der Waals surface area contributed by atoms with Gasteiger partial charge >= 0.3 is 12.1 Å². The summed E-state index contributed by atoms with van der Waals surface area (Å²) in [6.45, 7) is 2.17. The molecule has 0 aliphatic carbocycles. The van der Waals surface area contributed by atoms with E-state index in [1.165, 1.54) is 5.56 Å². The van der Waals surface area contributed by atoms with Gasteiger partial charge in [-0.1, -0.05) is 55.5 Å². The number of hydroxylamine groups is 1. The van der Waals surface area contributed by atoms with Crippen LogP contribution in [0.3, 0.4) is 0 Å². The van der Waals surface area contributed by atoms with E-state index in [9.17, 15) is 9.59 Å². The van der Waals surface area contributed by atoms with E-state index >= 15 is 0 Å². The summed E-state index contributed by atoms with van der Waals surface area (Å²) in [6, 6.07) is 16.4. The van der Waals surface area contributed by atoms with Gasteiger partial charge in [-0.2, -0.15) is 0 Å². The van der Waals surface area contributed by atoms with E-state index in [4.69, 9.17) is 4.74 Å². The molecule has 5 heteroatoms. The zero-order chi connectivity index (χ0) is 17.2. The molecular formula is C19H19NO4. The number of hydrogen-bond donors (Lipinski definition) is 1. The molecule has 1 amide bonds. The fourth-order valence-electron chi connectivity index (χ4n) is 1.92. The fourth-order valence-corrected chi connectivity index (χ4v) is 1.92. The number of carbonyl (C=O) groups is 2. The number of rotatable bonds is 5. The molecule has 0 aliphatic rings. The topological polar surface area (TPSA) is 64.6 Å². The van der Waals surface area contributed by atoms with Gasteiger partial charge in [0, 0.05) is 0 Å². The second kappa shape index (κ2) is 9.15. The molecule has 5 nitrogen and oxygen atoms in total. The molecule has 0 saturated carbocycles. The van der Waals surface area contributed by atoms with Crippen LogP contribution in [0.4, 0.5) is 4.79 Å². The highest BCUT2D eigenvalue weighted by molar-refractivity contribution is 5.89. The normalized spacial score (nSPS) is 10.4. The lowest BCUT2D eigenvalue weighted by Gasteiger charge is -2.05. The number of hydrogen-bond acceptors (Lipinski definition) is 4. The SMILES string of the molecule is CCc1ccc(/C=C/COC(=O)NOC(=O)c2ccccc2)cc1. The third-order valence-corrected chi connectivity index (χ3v) is 3.25. The summed E-state index contributed by atoms with van der Waals surface area (Å²) in [7, 11) is 0. The zero-order valence-corrected chi connectivity index (χ0v) is 13.4. The molecule has 0 radical (unpaired) electrons. The number of ether oxygens (including phenoxy) is 1. The van der Waals surface area contributed by atoms with Crippen LogP contribution in [0.15, 0.2) is 60.7 Å². The third-order valence-electron chi connectivity index (χ3n) is 3.25. The van der Waals surface area contributed by atoms with E-state index in [-0.39, 0.29) is 6.61 Å². The van der Waals surface area contributed by atoms with Crippen LogP contribution in [0.1, 0.15) is 28.4 Å². The molecule has 0 bridgehead atoms. The average molecular weight is 325 g/mol. The number of amides is 1. The Balaban J connectivity index is 1.69. The predicted octanol–water partition coefficient (Wildman–Crippen LogP) is 3.76. The van der Waals surface area contributed by atoms with Crippen molar-refractivity contribution < 1.29 is 19.2 Å². The molecule has 0 saturated heterocycles. The molecule has 0 spiro atoms. The summed E-state index contributed by atoms with van der Waals surface area (Å²) >= 11 is 0. The fraction of sp³-hybridized carbons (Fsp3) is 0.158. The van der Waals surface area contributed by atoms with Crippen molar-refractivity contribution in [3.05, 3.63) is 77.4 Å². The van der Waals surface area contributed by atoms with Crippen molar-refractivity contribution in [3.8, 4) is 0 Å². The second-order valence-corrected chi connectivity index (χ2v) is 4.95. The van der Waals surface area contributed by atoms with Crippen molar-refractivity contribution in [2.45, 2.75) is 13.3 Å². The third kappa shape index (κ3) is 5.61. The first kappa shape index (κ1) is 17.3. The van der Waals surface area contributed by atoms with E-state index < -0.39 is 12.1 Å². The summed E-state index contributed by atoms with van der Waals surface area (Å²) in [5.41, 5.74) is 4.58. The van der Waals surface area contributed by atoms with Gasteiger partial charge in [-0.25, -0.2) is 9.59 Å². The van der Waals surface area contributed by atoms with Gasteiger partial charge in [0.2, 0.25) is 0 Å². The van der Waals surface area contributed by atoms with Crippen LogP contribution in [0.5, 0.6) is 0 Å². The molecule has 0 unspecified atom stereocenters. The predicted molar refractivity (Wildman–Crippen MR) is 91.2 cm³/mol. The Morgan fingerprint density at radius 1 is 1.04 bits per heavy atom. The Morgan fingerprint density at radius 2 is 1.75 bits per heavy atom. The first-order valence-corrected chi connectivity index (χ1v) is 7.63. The Bertz CT molecular complexity index is 693. The monoisotopic (exact) mass is 325 g/mol. The zero-order valence-electron chi connectivity index (χ0n) is 13.4. The van der Waals surface area contributed by atoms with Crippen LogP contribution in [-0.4, -0.2) is 18.7 Å². The van der Waals surface area contributed by atoms with Gasteiger partial charge in [0.15, 0.2) is 0 Å². The lowest BCUT2D eigenvalue weighted by Crippen LogP contribution is -2.27. The quantitative estimate of drug-likeness (QED) is 0.850. The van der Waals surface area contributed by atoms with E-state index in [1.54, 1.807) is 36.4 Å². The standard InChI is InChI=1S/C19H19NO4/c1-2-15-10-12-16(13-11-15)7-6-14-23-19(22)20-24-18(21)17-8-4-3-5-9-17/h3-13H,2,14H2,1H3,(H,20,22)/b7-6+. The molecule has 1 N–H and O–H groups in total. The lowest BCUT2D eigenvalue weighted by atomic mass is 10.1. The highest BCUT2D eigenvalue weighted by Gasteiger charge is 2.09. The smallest absolute Gasteiger partial charge is 0.441 e. The Hall–Kier alpha value is -3.08. The van der Waals surface area contributed by atoms with Crippen molar-refractivity contribution in [2.24, 2.45) is 0 Å². The average Bonchev–Trinajstić information content (AvgIpc) is 2.64. The number of benzene rings is 2. The number of carbonyl (C=O) groups excluding carboxylic acids is 2. The maximum Gasteiger partial charge on any atom is 0.441 e. The Kier molecular flexibility index (Phi) is 6.58. The van der Waals surface area contributed by atoms with Crippen molar-refractivity contribution >= 4 is 18.1 Å². The van der Waals surface area contributed by atoms with Crippen LogP contribution >= 0.6 is 0 Å². The van der Waals surface area contributed by atoms with Crippen LogP contribution < -0.4 is 5.48 Å². The summed E-state index contributed by atoms with van der Waals surface area (Å²) in [5, 5.41) is 0. The largest absolute Gasteiger partial charge is 0.443 e. The first-order chi connectivity index (χ1) is 11.7. The van der Waals surface area contributed by atoms with Crippen LogP contribution in [0, 0.1) is 0 Å². The minimum atomic E-state index is -0.828. The van der Waals surface area contributed by atoms with Crippen molar-refractivity contribution in [1.82, 2.24) is 5.48 Å².